The van der Waals surface area contributed by atoms with E-state index in [9.17, 15) is 13.6 Å². The highest BCUT2D eigenvalue weighted by molar-refractivity contribution is 5.81. The molecule has 15 heavy (non-hydrogen) atoms. The number of nitrogens with one attached hydrogen (secondary N) is 1. The molecule has 0 bridgehead atoms. The van der Waals surface area contributed by atoms with Crippen molar-refractivity contribution in [3.63, 3.8) is 0 Å². The number of halogens is 2. The molecule has 1 heterocycles. The number of rotatable bonds is 1. The van der Waals surface area contributed by atoms with Gasteiger partial charge in [0.15, 0.2) is 6.17 Å². The summed E-state index contributed by atoms with van der Waals surface area (Å²) >= 11 is 0. The Kier molecular flexibility index (Phi) is 2.66. The molecule has 2 nitrogen and oxygen atoms in total. The lowest BCUT2D eigenvalue weighted by Crippen LogP contribution is -2.40. The second-order valence-electron chi connectivity index (χ2n) is 3.63. The second kappa shape index (κ2) is 3.96. The highest BCUT2D eigenvalue weighted by Gasteiger charge is 2.29. The van der Waals surface area contributed by atoms with Gasteiger partial charge in [0.25, 0.3) is 5.91 Å². The van der Waals surface area contributed by atoms with Crippen molar-refractivity contribution >= 4 is 5.91 Å². The predicted octanol–water partition coefficient (Wildman–Crippen LogP) is 2.11. The highest BCUT2D eigenvalue weighted by Crippen LogP contribution is 2.26. The molecule has 4 heteroatoms. The van der Waals surface area contributed by atoms with E-state index in [2.05, 4.69) is 5.32 Å². The average Bonchev–Trinajstić information content (AvgIpc) is 2.23. The third-order valence-corrected chi connectivity index (χ3v) is 2.59. The van der Waals surface area contributed by atoms with Crippen molar-refractivity contribution in [1.29, 1.82) is 0 Å². The van der Waals surface area contributed by atoms with Gasteiger partial charge in [-0.25, -0.2) is 8.78 Å². The van der Waals surface area contributed by atoms with Gasteiger partial charge in [-0.05, 0) is 18.9 Å². The molecule has 1 aromatic rings. The first-order valence-electron chi connectivity index (χ1n) is 4.87. The van der Waals surface area contributed by atoms with Gasteiger partial charge < -0.3 is 5.32 Å². The van der Waals surface area contributed by atoms with Gasteiger partial charge in [-0.3, -0.25) is 4.79 Å². The molecule has 1 saturated heterocycles. The van der Waals surface area contributed by atoms with Crippen molar-refractivity contribution in [2.24, 2.45) is 0 Å². The summed E-state index contributed by atoms with van der Waals surface area (Å²) in [5.41, 5.74) is 0.428. The van der Waals surface area contributed by atoms with E-state index in [1.54, 1.807) is 18.2 Å². The van der Waals surface area contributed by atoms with E-state index in [0.717, 1.165) is 0 Å². The summed E-state index contributed by atoms with van der Waals surface area (Å²) in [7, 11) is 0. The molecule has 0 aromatic heterocycles. The van der Waals surface area contributed by atoms with E-state index in [0.29, 0.717) is 12.0 Å². The zero-order valence-corrected chi connectivity index (χ0v) is 8.04. The number of amides is 1. The first-order valence-corrected chi connectivity index (χ1v) is 4.87. The third kappa shape index (κ3) is 1.98. The smallest absolute Gasteiger partial charge is 0.255 e. The van der Waals surface area contributed by atoms with E-state index in [4.69, 9.17) is 0 Å². The van der Waals surface area contributed by atoms with E-state index < -0.39 is 18.1 Å². The number of benzene rings is 1. The Morgan fingerprint density at radius 3 is 2.67 bits per heavy atom. The minimum Gasteiger partial charge on any atom is -0.347 e. The summed E-state index contributed by atoms with van der Waals surface area (Å²) in [6.45, 7) is 0. The number of alkyl halides is 1. The number of carbonyl (C=O) groups is 1. The lowest BCUT2D eigenvalue weighted by molar-refractivity contribution is -0.129. The zero-order valence-electron chi connectivity index (χ0n) is 8.04. The van der Waals surface area contributed by atoms with Gasteiger partial charge in [-0.2, -0.15) is 0 Å². The van der Waals surface area contributed by atoms with Crippen LogP contribution in [0, 0.1) is 5.82 Å². The fraction of sp³-hybridized carbons (Fsp3) is 0.364. The Bertz CT molecular complexity index is 381. The van der Waals surface area contributed by atoms with Gasteiger partial charge in [0.1, 0.15) is 5.82 Å². The van der Waals surface area contributed by atoms with Crippen LogP contribution in [0.2, 0.25) is 0 Å². The van der Waals surface area contributed by atoms with Crippen LogP contribution in [0.5, 0.6) is 0 Å². The summed E-state index contributed by atoms with van der Waals surface area (Å²) in [4.78, 5) is 11.1. The molecule has 1 aliphatic heterocycles. The summed E-state index contributed by atoms with van der Waals surface area (Å²) < 4.78 is 26.2. The Morgan fingerprint density at radius 2 is 2.00 bits per heavy atom. The number of carbonyl (C=O) groups excluding carboxylic acids is 1. The monoisotopic (exact) mass is 211 g/mol. The minimum absolute atomic E-state index is 0.158. The summed E-state index contributed by atoms with van der Waals surface area (Å²) in [5, 5.41) is 2.47. The molecular formula is C11H11F2NO. The van der Waals surface area contributed by atoms with Gasteiger partial charge in [-0.15, -0.1) is 0 Å². The van der Waals surface area contributed by atoms with E-state index in [1.807, 2.05) is 0 Å². The van der Waals surface area contributed by atoms with E-state index >= 15 is 0 Å². The largest absolute Gasteiger partial charge is 0.347 e. The molecule has 0 spiro atoms. The molecule has 1 aromatic carbocycles. The second-order valence-corrected chi connectivity index (χ2v) is 3.63. The molecule has 1 amide bonds. The number of hydrogen-bond acceptors (Lipinski definition) is 1. The molecule has 1 fully saturated rings. The Labute approximate surface area is 86.3 Å². The molecule has 80 valence electrons. The van der Waals surface area contributed by atoms with Gasteiger partial charge in [0.05, 0.1) is 6.04 Å². The molecule has 0 aliphatic carbocycles. The van der Waals surface area contributed by atoms with Crippen molar-refractivity contribution in [3.05, 3.63) is 35.6 Å². The topological polar surface area (TPSA) is 29.1 Å². The number of piperidine rings is 1. The summed E-state index contributed by atoms with van der Waals surface area (Å²) in [6, 6.07) is 5.83. The quantitative estimate of drug-likeness (QED) is 0.757. The van der Waals surface area contributed by atoms with Crippen molar-refractivity contribution in [1.82, 2.24) is 5.32 Å². The van der Waals surface area contributed by atoms with Crippen LogP contribution in [0.15, 0.2) is 24.3 Å². The normalized spacial score (nSPS) is 26.1. The standard InChI is InChI=1S/C11H11F2NO/c12-8-4-2-1-3-7(8)10-6-5-9(13)11(15)14-10/h1-4,9-10H,5-6H2,(H,14,15). The van der Waals surface area contributed by atoms with Crippen LogP contribution in [0.3, 0.4) is 0 Å². The van der Waals surface area contributed by atoms with Crippen molar-refractivity contribution in [2.75, 3.05) is 0 Å². The molecule has 1 aliphatic rings. The van der Waals surface area contributed by atoms with Crippen LogP contribution in [-0.4, -0.2) is 12.1 Å². The number of hydrogen-bond donors (Lipinski definition) is 1. The maximum atomic E-state index is 13.4. The molecule has 2 unspecified atom stereocenters. The van der Waals surface area contributed by atoms with Crippen molar-refractivity contribution < 1.29 is 13.6 Å². The molecule has 2 atom stereocenters. The van der Waals surface area contributed by atoms with Crippen molar-refractivity contribution in [3.8, 4) is 0 Å². The lowest BCUT2D eigenvalue weighted by atomic mass is 9.96. The SMILES string of the molecule is O=C1NC(c2ccccc2F)CCC1F. The molecular weight excluding hydrogens is 200 g/mol. The maximum Gasteiger partial charge on any atom is 0.255 e. The van der Waals surface area contributed by atoms with Crippen LogP contribution in [0.1, 0.15) is 24.4 Å². The molecule has 0 saturated carbocycles. The predicted molar refractivity (Wildman–Crippen MR) is 51.4 cm³/mol. The van der Waals surface area contributed by atoms with Gasteiger partial charge >= 0.3 is 0 Å². The Balaban J connectivity index is 2.19. The zero-order chi connectivity index (χ0) is 10.8. The fourth-order valence-electron chi connectivity index (χ4n) is 1.77. The van der Waals surface area contributed by atoms with Crippen LogP contribution >= 0.6 is 0 Å². The third-order valence-electron chi connectivity index (χ3n) is 2.59. The average molecular weight is 211 g/mol. The summed E-state index contributed by atoms with van der Waals surface area (Å²) in [5.74, 6) is -1.00. The van der Waals surface area contributed by atoms with Crippen LogP contribution in [0.25, 0.3) is 0 Å². The maximum absolute atomic E-state index is 13.4. The Morgan fingerprint density at radius 1 is 1.27 bits per heavy atom. The first-order chi connectivity index (χ1) is 7.18. The van der Waals surface area contributed by atoms with E-state index in [-0.39, 0.29) is 12.2 Å². The molecule has 0 radical (unpaired) electrons. The molecule has 1 N–H and O–H groups in total. The Hall–Kier alpha value is -1.45. The van der Waals surface area contributed by atoms with Gasteiger partial charge in [-0.1, -0.05) is 18.2 Å². The first kappa shape index (κ1) is 10.1. The highest BCUT2D eigenvalue weighted by atomic mass is 19.1. The van der Waals surface area contributed by atoms with E-state index in [1.165, 1.54) is 6.07 Å². The fourth-order valence-corrected chi connectivity index (χ4v) is 1.77. The lowest BCUT2D eigenvalue weighted by Gasteiger charge is -2.25. The minimum atomic E-state index is -1.45. The summed E-state index contributed by atoms with van der Waals surface area (Å²) in [6.07, 6.45) is -0.855. The van der Waals surface area contributed by atoms with Crippen LogP contribution in [0.4, 0.5) is 8.78 Å². The van der Waals surface area contributed by atoms with Gasteiger partial charge in [0, 0.05) is 5.56 Å². The molecule has 2 rings (SSSR count). The van der Waals surface area contributed by atoms with Gasteiger partial charge in [0.2, 0.25) is 0 Å². The van der Waals surface area contributed by atoms with Crippen molar-refractivity contribution in [2.45, 2.75) is 25.1 Å². The van der Waals surface area contributed by atoms with Crippen LogP contribution in [-0.2, 0) is 4.79 Å². The van der Waals surface area contributed by atoms with Crippen LogP contribution < -0.4 is 5.32 Å².